The van der Waals surface area contributed by atoms with Crippen molar-refractivity contribution in [2.45, 2.75) is 33.6 Å². The number of thiophene rings is 1. The molecule has 1 aromatic carbocycles. The van der Waals surface area contributed by atoms with Gasteiger partial charge < -0.3 is 10.6 Å². The molecule has 126 valence electrons. The second-order valence-corrected chi connectivity index (χ2v) is 7.02. The monoisotopic (exact) mass is 344 g/mol. The number of hydrogen-bond acceptors (Lipinski definition) is 4. The number of aryl methyl sites for hydroxylation is 2. The summed E-state index contributed by atoms with van der Waals surface area (Å²) >= 11 is 1.59. The van der Waals surface area contributed by atoms with Crippen LogP contribution in [0.15, 0.2) is 30.3 Å². The van der Waals surface area contributed by atoms with Crippen LogP contribution in [0.2, 0.25) is 0 Å². The topological polar surface area (TPSA) is 75.3 Å². The van der Waals surface area contributed by atoms with Gasteiger partial charge in [0.2, 0.25) is 11.8 Å². The van der Waals surface area contributed by atoms with E-state index in [4.69, 9.17) is 0 Å². The summed E-state index contributed by atoms with van der Waals surface area (Å²) < 4.78 is 0. The molecule has 2 N–H and O–H groups in total. The minimum Gasteiger partial charge on any atom is -0.326 e. The fraction of sp³-hybridized carbons (Fsp3) is 0.278. The van der Waals surface area contributed by atoms with Crippen LogP contribution in [0, 0.1) is 13.8 Å². The highest BCUT2D eigenvalue weighted by molar-refractivity contribution is 7.12. The molecule has 6 heteroatoms. The highest BCUT2D eigenvalue weighted by Gasteiger charge is 2.13. The molecule has 0 saturated carbocycles. The average Bonchev–Trinajstić information content (AvgIpc) is 2.85. The van der Waals surface area contributed by atoms with Gasteiger partial charge in [0.05, 0.1) is 0 Å². The van der Waals surface area contributed by atoms with Crippen molar-refractivity contribution >= 4 is 40.3 Å². The van der Waals surface area contributed by atoms with Crippen molar-refractivity contribution in [2.24, 2.45) is 0 Å². The molecular weight excluding hydrogens is 324 g/mol. The van der Waals surface area contributed by atoms with E-state index in [2.05, 4.69) is 10.6 Å². The van der Waals surface area contributed by atoms with E-state index in [9.17, 15) is 14.4 Å². The molecule has 0 fully saturated rings. The first kappa shape index (κ1) is 17.9. The maximum atomic E-state index is 12.2. The van der Waals surface area contributed by atoms with Crippen molar-refractivity contribution < 1.29 is 14.4 Å². The zero-order valence-electron chi connectivity index (χ0n) is 13.9. The molecule has 0 radical (unpaired) electrons. The minimum atomic E-state index is -0.208. The van der Waals surface area contributed by atoms with Gasteiger partial charge in [0.1, 0.15) is 0 Å². The van der Waals surface area contributed by atoms with Gasteiger partial charge in [-0.2, -0.15) is 0 Å². The Labute approximate surface area is 145 Å². The molecule has 0 spiro atoms. The van der Waals surface area contributed by atoms with Crippen LogP contribution in [0.5, 0.6) is 0 Å². The summed E-state index contributed by atoms with van der Waals surface area (Å²) in [5.41, 5.74) is 2.01. The molecule has 5 nitrogen and oxygen atoms in total. The summed E-state index contributed by atoms with van der Waals surface area (Å²) in [5, 5.41) is 5.40. The van der Waals surface area contributed by atoms with Gasteiger partial charge in [-0.3, -0.25) is 14.4 Å². The van der Waals surface area contributed by atoms with Crippen LogP contribution < -0.4 is 10.6 Å². The maximum absolute atomic E-state index is 12.2. The number of rotatable bonds is 6. The Balaban J connectivity index is 1.86. The molecule has 2 rings (SSSR count). The van der Waals surface area contributed by atoms with Gasteiger partial charge in [0.15, 0.2) is 5.78 Å². The summed E-state index contributed by atoms with van der Waals surface area (Å²) in [4.78, 5) is 37.2. The molecule has 1 heterocycles. The number of nitrogens with one attached hydrogen (secondary N) is 2. The van der Waals surface area contributed by atoms with Gasteiger partial charge in [-0.25, -0.2) is 0 Å². The normalized spacial score (nSPS) is 10.3. The van der Waals surface area contributed by atoms with Gasteiger partial charge in [0, 0.05) is 46.5 Å². The molecule has 0 aliphatic rings. The first-order valence-electron chi connectivity index (χ1n) is 7.63. The smallest absolute Gasteiger partial charge is 0.224 e. The molecule has 2 amide bonds. The third kappa shape index (κ3) is 5.03. The van der Waals surface area contributed by atoms with Gasteiger partial charge in [-0.1, -0.05) is 0 Å². The number of benzene rings is 1. The number of ketones is 1. The van der Waals surface area contributed by atoms with E-state index < -0.39 is 0 Å². The van der Waals surface area contributed by atoms with E-state index in [1.807, 2.05) is 19.9 Å². The van der Waals surface area contributed by atoms with E-state index in [1.165, 1.54) is 6.92 Å². The molecule has 1 aromatic heterocycles. The van der Waals surface area contributed by atoms with Gasteiger partial charge in [0.25, 0.3) is 0 Å². The van der Waals surface area contributed by atoms with Crippen LogP contribution in [-0.4, -0.2) is 17.6 Å². The molecule has 2 aromatic rings. The van der Waals surface area contributed by atoms with Crippen molar-refractivity contribution in [3.8, 4) is 0 Å². The number of carbonyl (C=O) groups excluding carboxylic acids is 3. The van der Waals surface area contributed by atoms with Crippen molar-refractivity contribution in [3.63, 3.8) is 0 Å². The van der Waals surface area contributed by atoms with Crippen LogP contribution in [0.1, 0.15) is 39.9 Å². The Morgan fingerprint density at radius 2 is 1.54 bits per heavy atom. The van der Waals surface area contributed by atoms with E-state index in [1.54, 1.807) is 35.6 Å². The van der Waals surface area contributed by atoms with Crippen molar-refractivity contribution in [1.82, 2.24) is 0 Å². The summed E-state index contributed by atoms with van der Waals surface area (Å²) in [7, 11) is 0. The summed E-state index contributed by atoms with van der Waals surface area (Å²) in [6.45, 7) is 5.32. The van der Waals surface area contributed by atoms with E-state index >= 15 is 0 Å². The molecule has 0 atom stereocenters. The van der Waals surface area contributed by atoms with Crippen molar-refractivity contribution in [1.29, 1.82) is 0 Å². The molecule has 0 aliphatic carbocycles. The number of anilines is 2. The third-order valence-corrected chi connectivity index (χ3v) is 4.38. The fourth-order valence-corrected chi connectivity index (χ4v) is 3.28. The van der Waals surface area contributed by atoms with Crippen LogP contribution in [0.4, 0.5) is 11.4 Å². The van der Waals surface area contributed by atoms with Gasteiger partial charge >= 0.3 is 0 Å². The van der Waals surface area contributed by atoms with E-state index in [0.717, 1.165) is 9.75 Å². The second-order valence-electron chi connectivity index (χ2n) is 5.56. The molecule has 0 saturated heterocycles. The third-order valence-electron chi connectivity index (χ3n) is 3.41. The largest absolute Gasteiger partial charge is 0.326 e. The Hall–Kier alpha value is -2.47. The van der Waals surface area contributed by atoms with Crippen LogP contribution in [0.3, 0.4) is 0 Å². The fourth-order valence-electron chi connectivity index (χ4n) is 2.33. The quantitative estimate of drug-likeness (QED) is 0.780. The maximum Gasteiger partial charge on any atom is 0.224 e. The predicted molar refractivity (Wildman–Crippen MR) is 96.7 cm³/mol. The number of Topliss-reactive ketones (excluding diaryl/α,β-unsaturated/α-hetero) is 1. The van der Waals surface area contributed by atoms with Crippen molar-refractivity contribution in [3.05, 3.63) is 45.6 Å². The predicted octanol–water partition coefficient (Wildman–Crippen LogP) is 3.92. The first-order chi connectivity index (χ1) is 11.3. The lowest BCUT2D eigenvalue weighted by Gasteiger charge is -2.07. The Morgan fingerprint density at radius 1 is 0.958 bits per heavy atom. The minimum absolute atomic E-state index is 0.00648. The Bertz CT molecular complexity index is 763. The highest BCUT2D eigenvalue weighted by Crippen LogP contribution is 2.22. The lowest BCUT2D eigenvalue weighted by Crippen LogP contribution is -2.13. The van der Waals surface area contributed by atoms with E-state index in [-0.39, 0.29) is 30.4 Å². The summed E-state index contributed by atoms with van der Waals surface area (Å²) in [6.07, 6.45) is 0.327. The number of hydrogen-bond donors (Lipinski definition) is 2. The molecular formula is C18H20N2O3S. The summed E-state index contributed by atoms with van der Waals surface area (Å²) in [5.74, 6) is -0.363. The molecule has 0 aliphatic heterocycles. The molecule has 0 unspecified atom stereocenters. The zero-order valence-corrected chi connectivity index (χ0v) is 14.8. The molecule has 24 heavy (non-hydrogen) atoms. The zero-order chi connectivity index (χ0) is 17.7. The molecule has 0 bridgehead atoms. The number of carbonyl (C=O) groups is 3. The lowest BCUT2D eigenvalue weighted by atomic mass is 10.1. The summed E-state index contributed by atoms with van der Waals surface area (Å²) in [6, 6.07) is 8.70. The van der Waals surface area contributed by atoms with E-state index in [0.29, 0.717) is 16.9 Å². The van der Waals surface area contributed by atoms with Crippen molar-refractivity contribution in [2.75, 3.05) is 10.6 Å². The highest BCUT2D eigenvalue weighted by atomic mass is 32.1. The Morgan fingerprint density at radius 3 is 2.04 bits per heavy atom. The second kappa shape index (κ2) is 7.88. The van der Waals surface area contributed by atoms with Crippen LogP contribution in [-0.2, 0) is 9.59 Å². The first-order valence-corrected chi connectivity index (χ1v) is 8.44. The van der Waals surface area contributed by atoms with Crippen LogP contribution >= 0.6 is 11.3 Å². The number of amides is 2. The SMILES string of the molecule is CC(=O)Nc1ccc(NC(=O)CCC(=O)c2cc(C)sc2C)cc1. The average molecular weight is 344 g/mol. The van der Waals surface area contributed by atoms with Crippen LogP contribution in [0.25, 0.3) is 0 Å². The van der Waals surface area contributed by atoms with Gasteiger partial charge in [-0.15, -0.1) is 11.3 Å². The Kier molecular flexibility index (Phi) is 5.87. The lowest BCUT2D eigenvalue weighted by molar-refractivity contribution is -0.116. The van der Waals surface area contributed by atoms with Gasteiger partial charge in [-0.05, 0) is 44.2 Å². The standard InChI is InChI=1S/C18H20N2O3S/c1-11-10-16(12(2)24-11)17(22)8-9-18(23)20-15-6-4-14(5-7-15)19-13(3)21/h4-7,10H,8-9H2,1-3H3,(H,19,21)(H,20,23).